The number of halogens is 4. The van der Waals surface area contributed by atoms with Crippen LogP contribution >= 0.6 is 0 Å². The Labute approximate surface area is 151 Å². The van der Waals surface area contributed by atoms with Gasteiger partial charge < -0.3 is 11.1 Å². The van der Waals surface area contributed by atoms with Crippen LogP contribution in [0, 0.1) is 11.2 Å². The molecule has 6 nitrogen and oxygen atoms in total. The first-order valence-corrected chi connectivity index (χ1v) is 7.57. The molecule has 0 bridgehead atoms. The molecule has 0 fully saturated rings. The van der Waals surface area contributed by atoms with Crippen LogP contribution in [-0.4, -0.2) is 22.3 Å². The number of alkyl halides is 3. The van der Waals surface area contributed by atoms with E-state index in [9.17, 15) is 22.4 Å². The van der Waals surface area contributed by atoms with E-state index in [1.807, 2.05) is 0 Å². The smallest absolute Gasteiger partial charge is 0.364 e. The molecular formula is C17H15F4N5O. The van der Waals surface area contributed by atoms with E-state index >= 15 is 0 Å². The van der Waals surface area contributed by atoms with Crippen molar-refractivity contribution in [3.8, 4) is 0 Å². The van der Waals surface area contributed by atoms with Crippen LogP contribution in [0.2, 0.25) is 0 Å². The predicted octanol–water partition coefficient (Wildman–Crippen LogP) is 3.12. The van der Waals surface area contributed by atoms with Crippen molar-refractivity contribution in [2.24, 2.45) is 10.8 Å². The zero-order valence-electron chi connectivity index (χ0n) is 14.1. The van der Waals surface area contributed by atoms with Gasteiger partial charge >= 0.3 is 6.18 Å². The van der Waals surface area contributed by atoms with Crippen LogP contribution in [0.3, 0.4) is 0 Å². The Morgan fingerprint density at radius 3 is 2.59 bits per heavy atom. The van der Waals surface area contributed by atoms with Gasteiger partial charge in [0, 0.05) is 18.3 Å². The summed E-state index contributed by atoms with van der Waals surface area (Å²) >= 11 is 0. The van der Waals surface area contributed by atoms with Crippen molar-refractivity contribution in [3.05, 3.63) is 59.2 Å². The summed E-state index contributed by atoms with van der Waals surface area (Å²) < 4.78 is 51.9. The second-order valence-corrected chi connectivity index (χ2v) is 5.62. The third-order valence-electron chi connectivity index (χ3n) is 3.37. The van der Waals surface area contributed by atoms with E-state index in [2.05, 4.69) is 15.5 Å². The van der Waals surface area contributed by atoms with Gasteiger partial charge in [-0.15, -0.1) is 0 Å². The number of amides is 1. The van der Waals surface area contributed by atoms with Crippen molar-refractivity contribution in [2.45, 2.75) is 19.5 Å². The number of hydrogen-bond acceptors (Lipinski definition) is 5. The highest BCUT2D eigenvalue weighted by atomic mass is 19.4. The molecule has 0 aliphatic heterocycles. The van der Waals surface area contributed by atoms with Crippen LogP contribution in [-0.2, 0) is 17.4 Å². The van der Waals surface area contributed by atoms with Gasteiger partial charge in [-0.1, -0.05) is 0 Å². The lowest BCUT2D eigenvalue weighted by Crippen LogP contribution is -2.29. The number of primary amides is 1. The molecule has 0 aliphatic carbocycles. The summed E-state index contributed by atoms with van der Waals surface area (Å²) in [4.78, 5) is 15.2. The fourth-order valence-electron chi connectivity index (χ4n) is 2.21. The normalized spacial score (nSPS) is 12.0. The first-order chi connectivity index (χ1) is 12.6. The monoisotopic (exact) mass is 381 g/mol. The van der Waals surface area contributed by atoms with E-state index in [1.54, 1.807) is 0 Å². The van der Waals surface area contributed by atoms with E-state index in [1.165, 1.54) is 25.3 Å². The first kappa shape index (κ1) is 20.0. The van der Waals surface area contributed by atoms with E-state index < -0.39 is 23.5 Å². The molecule has 0 aliphatic rings. The van der Waals surface area contributed by atoms with Crippen molar-refractivity contribution >= 4 is 23.0 Å². The third kappa shape index (κ3) is 5.59. The molecule has 0 saturated carbocycles. The topological polar surface area (TPSA) is 104 Å². The molecule has 1 amide bonds. The highest BCUT2D eigenvalue weighted by Crippen LogP contribution is 2.30. The molecule has 1 aromatic carbocycles. The minimum atomic E-state index is -4.65. The van der Waals surface area contributed by atoms with Crippen LogP contribution in [0.5, 0.6) is 0 Å². The Morgan fingerprint density at radius 2 is 2.00 bits per heavy atom. The lowest BCUT2D eigenvalue weighted by Gasteiger charge is -2.10. The number of nitrogens with two attached hydrogens (primary N) is 1. The summed E-state index contributed by atoms with van der Waals surface area (Å²) in [6.07, 6.45) is -3.33. The van der Waals surface area contributed by atoms with Crippen molar-refractivity contribution in [3.63, 3.8) is 0 Å². The maximum Gasteiger partial charge on any atom is 0.416 e. The largest absolute Gasteiger partial charge is 0.416 e. The lowest BCUT2D eigenvalue weighted by molar-refractivity contribution is -0.137. The van der Waals surface area contributed by atoms with Gasteiger partial charge in [0.1, 0.15) is 5.82 Å². The maximum atomic E-state index is 13.5. The van der Waals surface area contributed by atoms with Crippen LogP contribution in [0.4, 0.5) is 23.2 Å². The number of anilines is 1. The van der Waals surface area contributed by atoms with Gasteiger partial charge in [-0.2, -0.15) is 18.3 Å². The van der Waals surface area contributed by atoms with Gasteiger partial charge in [0.25, 0.3) is 5.91 Å². The van der Waals surface area contributed by atoms with Gasteiger partial charge in [0.15, 0.2) is 5.71 Å². The Bertz CT molecular complexity index is 892. The number of rotatable bonds is 6. The van der Waals surface area contributed by atoms with Gasteiger partial charge in [0.2, 0.25) is 0 Å². The van der Waals surface area contributed by atoms with Gasteiger partial charge in [0.05, 0.1) is 17.0 Å². The number of benzene rings is 1. The van der Waals surface area contributed by atoms with Crippen LogP contribution in [0.1, 0.15) is 23.7 Å². The molecule has 0 saturated heterocycles. The fourth-order valence-corrected chi connectivity index (χ4v) is 2.21. The second-order valence-electron chi connectivity index (χ2n) is 5.62. The number of carbonyl (C=O) groups excluding carboxylic acids is 1. The number of hydrazone groups is 1. The Hall–Kier alpha value is -3.30. The van der Waals surface area contributed by atoms with Crippen molar-refractivity contribution in [1.29, 1.82) is 5.41 Å². The number of hydrogen-bond donors (Lipinski definition) is 3. The minimum absolute atomic E-state index is 0.0493. The van der Waals surface area contributed by atoms with E-state index in [-0.39, 0.29) is 23.4 Å². The number of pyridine rings is 1. The predicted molar refractivity (Wildman–Crippen MR) is 92.1 cm³/mol. The van der Waals surface area contributed by atoms with E-state index in [0.717, 1.165) is 12.1 Å². The molecule has 0 unspecified atom stereocenters. The molecule has 1 aromatic heterocycles. The second kappa shape index (κ2) is 7.94. The molecule has 2 aromatic rings. The van der Waals surface area contributed by atoms with Crippen LogP contribution in [0.25, 0.3) is 0 Å². The fraction of sp³-hybridized carbons (Fsp3) is 0.176. The standard InChI is InChI=1S/C17H15F4N5O/c1-9(22)15(16(23)27)26-25-13-2-3-24-14(8-13)6-10-4-11(17(19,20)21)7-12(18)5-10/h2-5,7-8,22H,6H2,1H3,(H2,23,27)(H,24,25)/b22-9?,26-15+. The zero-order chi connectivity index (χ0) is 20.2. The summed E-state index contributed by atoms with van der Waals surface area (Å²) in [5.41, 5.74) is 6.97. The summed E-state index contributed by atoms with van der Waals surface area (Å²) in [6, 6.07) is 5.25. The summed E-state index contributed by atoms with van der Waals surface area (Å²) in [5, 5.41) is 11.2. The molecule has 0 atom stereocenters. The average Bonchev–Trinajstić information content (AvgIpc) is 2.53. The van der Waals surface area contributed by atoms with E-state index in [4.69, 9.17) is 11.1 Å². The van der Waals surface area contributed by atoms with Crippen LogP contribution in [0.15, 0.2) is 41.6 Å². The molecule has 0 radical (unpaired) electrons. The number of nitrogens with zero attached hydrogens (tertiary/aromatic N) is 2. The quantitative estimate of drug-likeness (QED) is 0.407. The highest BCUT2D eigenvalue weighted by molar-refractivity contribution is 6.65. The number of carbonyl (C=O) groups is 1. The van der Waals surface area contributed by atoms with Crippen molar-refractivity contribution in [1.82, 2.24) is 4.98 Å². The molecule has 27 heavy (non-hydrogen) atoms. The summed E-state index contributed by atoms with van der Waals surface area (Å²) in [6.45, 7) is 1.34. The molecular weight excluding hydrogens is 366 g/mol. The number of nitrogens with one attached hydrogen (secondary N) is 2. The van der Waals surface area contributed by atoms with Crippen molar-refractivity contribution in [2.75, 3.05) is 5.43 Å². The Kier molecular flexibility index (Phi) is 5.88. The van der Waals surface area contributed by atoms with Gasteiger partial charge in [-0.25, -0.2) is 4.39 Å². The molecule has 142 valence electrons. The zero-order valence-corrected chi connectivity index (χ0v) is 14.1. The molecule has 1 heterocycles. The minimum Gasteiger partial charge on any atom is -0.364 e. The molecule has 0 spiro atoms. The SMILES string of the molecule is CC(=N)/C(=N\Nc1ccnc(Cc2cc(F)cc(C(F)(F)F)c2)c1)C(N)=O. The van der Waals surface area contributed by atoms with Crippen molar-refractivity contribution < 1.29 is 22.4 Å². The first-order valence-electron chi connectivity index (χ1n) is 7.57. The maximum absolute atomic E-state index is 13.5. The third-order valence-corrected chi connectivity index (χ3v) is 3.37. The lowest BCUT2D eigenvalue weighted by atomic mass is 10.1. The Morgan fingerprint density at radius 1 is 1.30 bits per heavy atom. The number of aromatic nitrogens is 1. The van der Waals surface area contributed by atoms with E-state index in [0.29, 0.717) is 17.4 Å². The Balaban J connectivity index is 2.24. The van der Waals surface area contributed by atoms with Gasteiger partial charge in [-0.05, 0) is 42.8 Å². The van der Waals surface area contributed by atoms with Crippen LogP contribution < -0.4 is 11.2 Å². The molecule has 4 N–H and O–H groups in total. The molecule has 10 heteroatoms. The summed E-state index contributed by atoms with van der Waals surface area (Å²) in [5.74, 6) is -1.88. The highest BCUT2D eigenvalue weighted by Gasteiger charge is 2.31. The van der Waals surface area contributed by atoms with Gasteiger partial charge in [-0.3, -0.25) is 15.2 Å². The molecule has 2 rings (SSSR count). The summed E-state index contributed by atoms with van der Waals surface area (Å²) in [7, 11) is 0. The average molecular weight is 381 g/mol.